The molecular weight excluding hydrogens is 390 g/mol. The van der Waals surface area contributed by atoms with Crippen LogP contribution in [0.15, 0.2) is 83.5 Å². The van der Waals surface area contributed by atoms with Gasteiger partial charge < -0.3 is 14.2 Å². The number of aryl methyl sites for hydroxylation is 1. The van der Waals surface area contributed by atoms with Gasteiger partial charge in [-0.25, -0.2) is 9.79 Å². The number of aliphatic imine (C=N–C) groups is 1. The van der Waals surface area contributed by atoms with E-state index in [4.69, 9.17) is 14.2 Å². The molecule has 0 N–H and O–H groups in total. The molecule has 3 aromatic carbocycles. The first kappa shape index (κ1) is 20.4. The van der Waals surface area contributed by atoms with Crippen molar-refractivity contribution in [1.29, 1.82) is 0 Å². The highest BCUT2D eigenvalue weighted by Gasteiger charge is 2.25. The molecule has 31 heavy (non-hydrogen) atoms. The molecular formula is C26H23NO4. The Labute approximate surface area is 181 Å². The van der Waals surface area contributed by atoms with Gasteiger partial charge in [-0.2, -0.15) is 0 Å². The molecule has 5 nitrogen and oxygen atoms in total. The number of carbonyl (C=O) groups is 1. The van der Waals surface area contributed by atoms with E-state index in [9.17, 15) is 4.79 Å². The van der Waals surface area contributed by atoms with Crippen molar-refractivity contribution in [2.24, 2.45) is 4.99 Å². The maximum atomic E-state index is 12.3. The van der Waals surface area contributed by atoms with E-state index in [-0.39, 0.29) is 5.70 Å². The lowest BCUT2D eigenvalue weighted by atomic mass is 10.1. The van der Waals surface area contributed by atoms with Crippen LogP contribution < -0.4 is 9.47 Å². The summed E-state index contributed by atoms with van der Waals surface area (Å²) < 4.78 is 17.1. The fourth-order valence-corrected chi connectivity index (χ4v) is 3.23. The second-order valence-electron chi connectivity index (χ2n) is 7.06. The topological polar surface area (TPSA) is 57.1 Å². The number of cyclic esters (lactones) is 1. The van der Waals surface area contributed by atoms with Crippen molar-refractivity contribution in [3.63, 3.8) is 0 Å². The molecule has 0 spiro atoms. The first-order valence-electron chi connectivity index (χ1n) is 10.2. The van der Waals surface area contributed by atoms with E-state index in [1.165, 1.54) is 0 Å². The molecule has 5 heteroatoms. The molecule has 0 bridgehead atoms. The standard InChI is InChI=1S/C26H23NO4/c1-3-29-24-16-20(13-14-23(24)30-17-19-10-5-4-6-11-19)15-22-26(28)31-25(27-22)21-12-8-7-9-18(21)2/h4-16H,3,17H2,1-2H3/b22-15-. The van der Waals surface area contributed by atoms with Crippen LogP contribution in [0.1, 0.15) is 29.2 Å². The van der Waals surface area contributed by atoms with Crippen molar-refractivity contribution >= 4 is 17.9 Å². The van der Waals surface area contributed by atoms with Crippen LogP contribution in [-0.2, 0) is 16.1 Å². The first-order chi connectivity index (χ1) is 15.1. The van der Waals surface area contributed by atoms with Crippen molar-refractivity contribution in [1.82, 2.24) is 0 Å². The van der Waals surface area contributed by atoms with E-state index in [1.54, 1.807) is 6.08 Å². The second kappa shape index (κ2) is 9.30. The van der Waals surface area contributed by atoms with Crippen LogP contribution >= 0.6 is 0 Å². The Morgan fingerprint density at radius 3 is 2.48 bits per heavy atom. The molecule has 0 amide bonds. The maximum Gasteiger partial charge on any atom is 0.363 e. The summed E-state index contributed by atoms with van der Waals surface area (Å²) in [6, 6.07) is 23.1. The van der Waals surface area contributed by atoms with Gasteiger partial charge in [0.1, 0.15) is 6.61 Å². The van der Waals surface area contributed by atoms with Gasteiger partial charge in [-0.05, 0) is 54.8 Å². The molecule has 0 unspecified atom stereocenters. The average molecular weight is 413 g/mol. The van der Waals surface area contributed by atoms with Crippen LogP contribution in [0.2, 0.25) is 0 Å². The Balaban J connectivity index is 1.57. The lowest BCUT2D eigenvalue weighted by molar-refractivity contribution is -0.129. The van der Waals surface area contributed by atoms with Gasteiger partial charge in [-0.1, -0.05) is 54.6 Å². The molecule has 0 aliphatic carbocycles. The van der Waals surface area contributed by atoms with Crippen LogP contribution in [0.3, 0.4) is 0 Å². The van der Waals surface area contributed by atoms with E-state index in [2.05, 4.69) is 4.99 Å². The number of ether oxygens (including phenoxy) is 3. The SMILES string of the molecule is CCOc1cc(/C=C2\N=C(c3ccccc3C)OC2=O)ccc1OCc1ccccc1. The highest BCUT2D eigenvalue weighted by atomic mass is 16.6. The van der Waals surface area contributed by atoms with Gasteiger partial charge in [0.05, 0.1) is 6.61 Å². The summed E-state index contributed by atoms with van der Waals surface area (Å²) in [7, 11) is 0. The third kappa shape index (κ3) is 4.83. The van der Waals surface area contributed by atoms with Gasteiger partial charge in [0.25, 0.3) is 0 Å². The van der Waals surface area contributed by atoms with Crippen molar-refractivity contribution in [2.45, 2.75) is 20.5 Å². The zero-order chi connectivity index (χ0) is 21.6. The number of rotatable bonds is 7. The zero-order valence-corrected chi connectivity index (χ0v) is 17.5. The summed E-state index contributed by atoms with van der Waals surface area (Å²) in [6.07, 6.45) is 1.69. The van der Waals surface area contributed by atoms with Gasteiger partial charge in [0, 0.05) is 5.56 Å². The summed E-state index contributed by atoms with van der Waals surface area (Å²) in [6.45, 7) is 4.81. The van der Waals surface area contributed by atoms with Crippen molar-refractivity contribution < 1.29 is 19.0 Å². The molecule has 0 saturated carbocycles. The Hall–Kier alpha value is -3.86. The van der Waals surface area contributed by atoms with Crippen molar-refractivity contribution in [3.8, 4) is 11.5 Å². The van der Waals surface area contributed by atoms with Crippen molar-refractivity contribution in [2.75, 3.05) is 6.61 Å². The predicted octanol–water partition coefficient (Wildman–Crippen LogP) is 5.32. The molecule has 0 atom stereocenters. The number of hydrogen-bond acceptors (Lipinski definition) is 5. The van der Waals surface area contributed by atoms with Crippen molar-refractivity contribution in [3.05, 3.63) is 101 Å². The minimum Gasteiger partial charge on any atom is -0.490 e. The van der Waals surface area contributed by atoms with Gasteiger partial charge in [-0.3, -0.25) is 0 Å². The van der Waals surface area contributed by atoms with Gasteiger partial charge in [0.2, 0.25) is 5.90 Å². The van der Waals surface area contributed by atoms with E-state index in [0.717, 1.165) is 22.3 Å². The molecule has 1 heterocycles. The number of nitrogens with zero attached hydrogens (tertiary/aromatic N) is 1. The average Bonchev–Trinajstić information content (AvgIpc) is 3.14. The second-order valence-corrected chi connectivity index (χ2v) is 7.06. The first-order valence-corrected chi connectivity index (χ1v) is 10.2. The molecule has 1 aliphatic rings. The van der Waals surface area contributed by atoms with Crippen LogP contribution in [0.25, 0.3) is 6.08 Å². The number of carbonyl (C=O) groups excluding carboxylic acids is 1. The molecule has 0 fully saturated rings. The largest absolute Gasteiger partial charge is 0.490 e. The summed E-state index contributed by atoms with van der Waals surface area (Å²) in [5, 5.41) is 0. The third-order valence-electron chi connectivity index (χ3n) is 4.80. The highest BCUT2D eigenvalue weighted by molar-refractivity contribution is 6.13. The number of hydrogen-bond donors (Lipinski definition) is 0. The Morgan fingerprint density at radius 2 is 1.71 bits per heavy atom. The van der Waals surface area contributed by atoms with Crippen LogP contribution in [0, 0.1) is 6.92 Å². The molecule has 0 saturated heterocycles. The summed E-state index contributed by atoms with van der Waals surface area (Å²) in [5.74, 6) is 1.11. The van der Waals surface area contributed by atoms with Crippen LogP contribution in [0.4, 0.5) is 0 Å². The minimum absolute atomic E-state index is 0.249. The monoisotopic (exact) mass is 413 g/mol. The molecule has 1 aliphatic heterocycles. The van der Waals surface area contributed by atoms with Gasteiger partial charge in [0.15, 0.2) is 17.2 Å². The summed E-state index contributed by atoms with van der Waals surface area (Å²) in [5.41, 5.74) is 3.89. The normalized spacial score (nSPS) is 14.3. The van der Waals surface area contributed by atoms with E-state index < -0.39 is 5.97 Å². The smallest absolute Gasteiger partial charge is 0.363 e. The predicted molar refractivity (Wildman–Crippen MR) is 120 cm³/mol. The third-order valence-corrected chi connectivity index (χ3v) is 4.80. The zero-order valence-electron chi connectivity index (χ0n) is 17.5. The molecule has 0 aromatic heterocycles. The molecule has 4 rings (SSSR count). The number of esters is 1. The lowest BCUT2D eigenvalue weighted by Gasteiger charge is -2.12. The molecule has 3 aromatic rings. The fourth-order valence-electron chi connectivity index (χ4n) is 3.23. The Bertz CT molecular complexity index is 1150. The molecule has 0 radical (unpaired) electrons. The highest BCUT2D eigenvalue weighted by Crippen LogP contribution is 2.31. The summed E-state index contributed by atoms with van der Waals surface area (Å²) >= 11 is 0. The Morgan fingerprint density at radius 1 is 0.935 bits per heavy atom. The lowest BCUT2D eigenvalue weighted by Crippen LogP contribution is -2.06. The quantitative estimate of drug-likeness (QED) is 0.389. The van der Waals surface area contributed by atoms with E-state index in [0.29, 0.717) is 30.6 Å². The van der Waals surface area contributed by atoms with Gasteiger partial charge >= 0.3 is 5.97 Å². The van der Waals surface area contributed by atoms with Crippen LogP contribution in [-0.4, -0.2) is 18.5 Å². The van der Waals surface area contributed by atoms with Crippen LogP contribution in [0.5, 0.6) is 11.5 Å². The fraction of sp³-hybridized carbons (Fsp3) is 0.154. The van der Waals surface area contributed by atoms with E-state index in [1.807, 2.05) is 86.6 Å². The Kier molecular flexibility index (Phi) is 6.13. The molecule has 156 valence electrons. The summed E-state index contributed by atoms with van der Waals surface area (Å²) in [4.78, 5) is 16.8. The maximum absolute atomic E-state index is 12.3. The number of benzene rings is 3. The van der Waals surface area contributed by atoms with E-state index >= 15 is 0 Å². The minimum atomic E-state index is -0.472. The van der Waals surface area contributed by atoms with Gasteiger partial charge in [-0.15, -0.1) is 0 Å².